The van der Waals surface area contributed by atoms with Gasteiger partial charge in [-0.2, -0.15) is 0 Å². The Morgan fingerprint density at radius 2 is 1.84 bits per heavy atom. The van der Waals surface area contributed by atoms with Crippen LogP contribution in [0.25, 0.3) is 0 Å². The van der Waals surface area contributed by atoms with Gasteiger partial charge >= 0.3 is 5.97 Å². The van der Waals surface area contributed by atoms with Crippen LogP contribution >= 0.6 is 0 Å². The lowest BCUT2D eigenvalue weighted by Gasteiger charge is -2.24. The Morgan fingerprint density at radius 3 is 2.44 bits per heavy atom. The number of nitrogens with one attached hydrogen (secondary N) is 1. The van der Waals surface area contributed by atoms with Crippen LogP contribution in [0.5, 0.6) is 0 Å². The van der Waals surface area contributed by atoms with E-state index in [1.165, 1.54) is 18.7 Å². The minimum atomic E-state index is -0.733. The lowest BCUT2D eigenvalue weighted by molar-refractivity contribution is 0.0598. The molecule has 1 aromatic heterocycles. The topological polar surface area (TPSA) is 76.2 Å². The zero-order valence-corrected chi connectivity index (χ0v) is 14.6. The summed E-state index contributed by atoms with van der Waals surface area (Å²) in [7, 11) is 1.21. The molecule has 2 aromatic rings. The maximum Gasteiger partial charge on any atom is 0.343 e. The van der Waals surface area contributed by atoms with Gasteiger partial charge in [-0.3, -0.25) is 9.59 Å². The van der Waals surface area contributed by atoms with Crippen molar-refractivity contribution < 1.29 is 14.3 Å². The van der Waals surface area contributed by atoms with E-state index >= 15 is 0 Å². The van der Waals surface area contributed by atoms with Crippen molar-refractivity contribution in [1.29, 1.82) is 0 Å². The van der Waals surface area contributed by atoms with Crippen molar-refractivity contribution in [3.05, 3.63) is 68.6 Å². The van der Waals surface area contributed by atoms with Crippen LogP contribution in [0.3, 0.4) is 0 Å². The first-order chi connectivity index (χ1) is 11.9. The van der Waals surface area contributed by atoms with Crippen molar-refractivity contribution in [2.24, 2.45) is 0 Å². The van der Waals surface area contributed by atoms with Crippen LogP contribution in [0.4, 0.5) is 0 Å². The SMILES string of the molecule is COC(=O)c1cc2c([nH]c1=O)C[C@H](c1ccc(C(C)C)cc1)CC2=O. The van der Waals surface area contributed by atoms with Gasteiger partial charge in [0.05, 0.1) is 7.11 Å². The third-order valence-electron chi connectivity index (χ3n) is 4.79. The molecule has 1 heterocycles. The van der Waals surface area contributed by atoms with Crippen molar-refractivity contribution >= 4 is 11.8 Å². The molecule has 1 aliphatic carbocycles. The molecule has 0 aliphatic heterocycles. The lowest BCUT2D eigenvalue weighted by Crippen LogP contribution is -2.27. The molecule has 0 spiro atoms. The highest BCUT2D eigenvalue weighted by Gasteiger charge is 2.29. The van der Waals surface area contributed by atoms with Crippen LogP contribution in [-0.4, -0.2) is 23.8 Å². The van der Waals surface area contributed by atoms with Crippen LogP contribution in [-0.2, 0) is 11.2 Å². The number of aromatic nitrogens is 1. The van der Waals surface area contributed by atoms with E-state index in [0.717, 1.165) is 5.56 Å². The number of hydrogen-bond donors (Lipinski definition) is 1. The van der Waals surface area contributed by atoms with Gasteiger partial charge in [-0.15, -0.1) is 0 Å². The van der Waals surface area contributed by atoms with E-state index in [1.807, 2.05) is 0 Å². The van der Waals surface area contributed by atoms with E-state index in [-0.39, 0.29) is 17.3 Å². The van der Waals surface area contributed by atoms with Gasteiger partial charge in [0.1, 0.15) is 5.56 Å². The van der Waals surface area contributed by atoms with Crippen molar-refractivity contribution in [2.45, 2.75) is 38.5 Å². The normalized spacial score (nSPS) is 16.6. The minimum Gasteiger partial charge on any atom is -0.465 e. The number of carbonyl (C=O) groups excluding carboxylic acids is 2. The van der Waals surface area contributed by atoms with E-state index in [0.29, 0.717) is 30.0 Å². The maximum absolute atomic E-state index is 12.5. The molecule has 1 N–H and O–H groups in total. The number of aromatic amines is 1. The van der Waals surface area contributed by atoms with Gasteiger partial charge in [-0.05, 0) is 35.4 Å². The number of benzene rings is 1. The number of carbonyl (C=O) groups is 2. The number of rotatable bonds is 3. The smallest absolute Gasteiger partial charge is 0.343 e. The zero-order chi connectivity index (χ0) is 18.1. The Balaban J connectivity index is 1.93. The minimum absolute atomic E-state index is 0.0286. The Bertz CT molecular complexity index is 878. The number of fused-ring (bicyclic) bond motifs is 1. The van der Waals surface area contributed by atoms with Crippen LogP contribution < -0.4 is 5.56 Å². The Labute approximate surface area is 146 Å². The van der Waals surface area contributed by atoms with E-state index in [4.69, 9.17) is 0 Å². The number of esters is 1. The number of pyridine rings is 1. The number of H-pyrrole nitrogens is 1. The predicted molar refractivity (Wildman–Crippen MR) is 94.3 cm³/mol. The van der Waals surface area contributed by atoms with Gasteiger partial charge in [-0.1, -0.05) is 38.1 Å². The molecule has 5 heteroatoms. The number of Topliss-reactive ketones (excluding diaryl/α,β-unsaturated/α-hetero) is 1. The fraction of sp³-hybridized carbons (Fsp3) is 0.350. The van der Waals surface area contributed by atoms with Crippen LogP contribution in [0, 0.1) is 0 Å². The molecule has 0 amide bonds. The summed E-state index contributed by atoms with van der Waals surface area (Å²) in [6.45, 7) is 4.28. The molecular formula is C20H21NO4. The first kappa shape index (κ1) is 17.1. The second-order valence-electron chi connectivity index (χ2n) is 6.75. The molecule has 5 nitrogen and oxygen atoms in total. The lowest BCUT2D eigenvalue weighted by atomic mass is 9.81. The predicted octanol–water partition coefficient (Wildman–Crippen LogP) is 3.20. The van der Waals surface area contributed by atoms with Gasteiger partial charge in [0.2, 0.25) is 0 Å². The highest BCUT2D eigenvalue weighted by molar-refractivity contribution is 6.01. The fourth-order valence-corrected chi connectivity index (χ4v) is 3.28. The number of ketones is 1. The van der Waals surface area contributed by atoms with Crippen molar-refractivity contribution in [1.82, 2.24) is 4.98 Å². The molecule has 25 heavy (non-hydrogen) atoms. The van der Waals surface area contributed by atoms with Gasteiger partial charge in [0, 0.05) is 17.7 Å². The summed E-state index contributed by atoms with van der Waals surface area (Å²) in [6.07, 6.45) is 0.930. The largest absolute Gasteiger partial charge is 0.465 e. The highest BCUT2D eigenvalue weighted by Crippen LogP contribution is 2.32. The molecule has 0 unspecified atom stereocenters. The Morgan fingerprint density at radius 1 is 1.16 bits per heavy atom. The van der Waals surface area contributed by atoms with Crippen LogP contribution in [0.15, 0.2) is 35.1 Å². The van der Waals surface area contributed by atoms with Gasteiger partial charge in [-0.25, -0.2) is 4.79 Å². The standard InChI is InChI=1S/C20H21NO4/c1-11(2)12-4-6-13(7-5-12)14-8-17-15(18(22)9-14)10-16(19(23)21-17)20(24)25-3/h4-7,10-11,14H,8-9H2,1-3H3,(H,21,23)/t14-/m0/s1. The summed E-state index contributed by atoms with van der Waals surface area (Å²) >= 11 is 0. The summed E-state index contributed by atoms with van der Waals surface area (Å²) in [4.78, 5) is 39.0. The molecule has 0 radical (unpaired) electrons. The average molecular weight is 339 g/mol. The zero-order valence-electron chi connectivity index (χ0n) is 14.6. The van der Waals surface area contributed by atoms with Crippen molar-refractivity contribution in [3.8, 4) is 0 Å². The number of ether oxygens (including phenoxy) is 1. The third-order valence-corrected chi connectivity index (χ3v) is 4.79. The molecule has 3 rings (SSSR count). The van der Waals surface area contributed by atoms with Crippen LogP contribution in [0.1, 0.15) is 69.6 Å². The third kappa shape index (κ3) is 3.27. The van der Waals surface area contributed by atoms with E-state index in [9.17, 15) is 14.4 Å². The highest BCUT2D eigenvalue weighted by atomic mass is 16.5. The average Bonchev–Trinajstić information content (AvgIpc) is 2.60. The fourth-order valence-electron chi connectivity index (χ4n) is 3.28. The molecular weight excluding hydrogens is 318 g/mol. The second kappa shape index (κ2) is 6.67. The maximum atomic E-state index is 12.5. The van der Waals surface area contributed by atoms with Gasteiger partial charge in [0.15, 0.2) is 5.78 Å². The summed E-state index contributed by atoms with van der Waals surface area (Å²) in [6, 6.07) is 9.64. The molecule has 1 aliphatic rings. The summed E-state index contributed by atoms with van der Waals surface area (Å²) in [5, 5.41) is 0. The second-order valence-corrected chi connectivity index (χ2v) is 6.75. The van der Waals surface area contributed by atoms with Gasteiger partial charge < -0.3 is 9.72 Å². The quantitative estimate of drug-likeness (QED) is 0.871. The van der Waals surface area contributed by atoms with Crippen LogP contribution in [0.2, 0.25) is 0 Å². The Kier molecular flexibility index (Phi) is 4.57. The molecule has 130 valence electrons. The molecule has 0 saturated heterocycles. The van der Waals surface area contributed by atoms with E-state index in [1.54, 1.807) is 0 Å². The summed E-state index contributed by atoms with van der Waals surface area (Å²) < 4.78 is 4.59. The van der Waals surface area contributed by atoms with Gasteiger partial charge in [0.25, 0.3) is 5.56 Å². The molecule has 0 saturated carbocycles. The van der Waals surface area contributed by atoms with Crippen molar-refractivity contribution in [2.75, 3.05) is 7.11 Å². The number of methoxy groups -OCH3 is 1. The first-order valence-corrected chi connectivity index (χ1v) is 8.38. The van der Waals surface area contributed by atoms with E-state index < -0.39 is 11.5 Å². The van der Waals surface area contributed by atoms with E-state index in [2.05, 4.69) is 47.8 Å². The molecule has 0 fully saturated rings. The summed E-state index contributed by atoms with van der Waals surface area (Å²) in [5.74, 6) is -0.319. The van der Waals surface area contributed by atoms with Crippen molar-refractivity contribution in [3.63, 3.8) is 0 Å². The molecule has 1 aromatic carbocycles. The molecule has 1 atom stereocenters. The number of hydrogen-bond acceptors (Lipinski definition) is 4. The first-order valence-electron chi connectivity index (χ1n) is 8.38. The summed E-state index contributed by atoms with van der Waals surface area (Å²) in [5.41, 5.74) is 2.69. The monoisotopic (exact) mass is 339 g/mol. The Hall–Kier alpha value is -2.69. The molecule has 0 bridgehead atoms.